The lowest BCUT2D eigenvalue weighted by Crippen LogP contribution is -2.49. The second-order valence-electron chi connectivity index (χ2n) is 8.97. The summed E-state index contributed by atoms with van der Waals surface area (Å²) in [5.74, 6) is 0.886. The Bertz CT molecular complexity index is 725. The standard InChI is InChI=1S/C22H35N3O3/c1-7-14-9-19-15(8-17(14)23-6)10-20(28-19)18(26)13-24-12-16-11-21(2,3)25(27)22(16,4)5/h8-9,11,18,20,23-24,26-27H,7,10,12-13H2,1-6H3. The molecule has 0 spiro atoms. The van der Waals surface area contributed by atoms with Crippen LogP contribution in [-0.4, -0.2) is 58.8 Å². The third kappa shape index (κ3) is 3.79. The van der Waals surface area contributed by atoms with Crippen molar-refractivity contribution < 1.29 is 15.1 Å². The van der Waals surface area contributed by atoms with Crippen LogP contribution >= 0.6 is 0 Å². The lowest BCUT2D eigenvalue weighted by Gasteiger charge is -2.36. The highest BCUT2D eigenvalue weighted by Crippen LogP contribution is 2.38. The fraction of sp³-hybridized carbons (Fsp3) is 0.636. The zero-order chi connectivity index (χ0) is 20.7. The second-order valence-corrected chi connectivity index (χ2v) is 8.97. The lowest BCUT2D eigenvalue weighted by atomic mass is 9.96. The highest BCUT2D eigenvalue weighted by atomic mass is 16.5. The van der Waals surface area contributed by atoms with Gasteiger partial charge in [0.2, 0.25) is 0 Å². The molecular weight excluding hydrogens is 354 g/mol. The molecule has 28 heavy (non-hydrogen) atoms. The number of fused-ring (bicyclic) bond motifs is 1. The Morgan fingerprint density at radius 1 is 1.29 bits per heavy atom. The topological polar surface area (TPSA) is 77.0 Å². The normalized spacial score (nSPS) is 23.9. The maximum atomic E-state index is 10.7. The van der Waals surface area contributed by atoms with E-state index >= 15 is 0 Å². The number of benzene rings is 1. The number of rotatable bonds is 7. The Labute approximate surface area is 168 Å². The van der Waals surface area contributed by atoms with Gasteiger partial charge in [0.25, 0.3) is 0 Å². The van der Waals surface area contributed by atoms with E-state index in [2.05, 4.69) is 35.8 Å². The van der Waals surface area contributed by atoms with E-state index in [-0.39, 0.29) is 6.10 Å². The number of hydrogen-bond donors (Lipinski definition) is 4. The minimum atomic E-state index is -0.598. The number of ether oxygens (including phenoxy) is 1. The smallest absolute Gasteiger partial charge is 0.130 e. The van der Waals surface area contributed by atoms with Crippen molar-refractivity contribution in [3.05, 3.63) is 34.9 Å². The average Bonchev–Trinajstić information content (AvgIpc) is 3.13. The number of aliphatic hydroxyl groups excluding tert-OH is 1. The number of aliphatic hydroxyl groups is 1. The van der Waals surface area contributed by atoms with Crippen LogP contribution in [-0.2, 0) is 12.8 Å². The van der Waals surface area contributed by atoms with E-state index < -0.39 is 17.2 Å². The van der Waals surface area contributed by atoms with Crippen molar-refractivity contribution in [2.45, 2.75) is 70.7 Å². The molecular formula is C22H35N3O3. The summed E-state index contributed by atoms with van der Waals surface area (Å²) in [5, 5.41) is 29.0. The first-order valence-corrected chi connectivity index (χ1v) is 10.2. The molecule has 2 heterocycles. The molecule has 156 valence electrons. The van der Waals surface area contributed by atoms with Gasteiger partial charge in [0.05, 0.1) is 11.1 Å². The van der Waals surface area contributed by atoms with E-state index in [0.29, 0.717) is 19.5 Å². The molecule has 6 nitrogen and oxygen atoms in total. The van der Waals surface area contributed by atoms with Gasteiger partial charge >= 0.3 is 0 Å². The van der Waals surface area contributed by atoms with E-state index in [0.717, 1.165) is 29.0 Å². The molecule has 0 aromatic heterocycles. The molecule has 0 fully saturated rings. The zero-order valence-corrected chi connectivity index (χ0v) is 18.0. The van der Waals surface area contributed by atoms with Crippen LogP contribution in [0.2, 0.25) is 0 Å². The maximum Gasteiger partial charge on any atom is 0.130 e. The molecule has 0 saturated heterocycles. The summed E-state index contributed by atoms with van der Waals surface area (Å²) in [6.07, 6.45) is 2.90. The molecule has 0 radical (unpaired) electrons. The molecule has 0 saturated carbocycles. The van der Waals surface area contributed by atoms with Crippen LogP contribution in [0.1, 0.15) is 45.7 Å². The van der Waals surface area contributed by atoms with Crippen LogP contribution in [0.3, 0.4) is 0 Å². The molecule has 0 amide bonds. The van der Waals surface area contributed by atoms with Gasteiger partial charge in [-0.3, -0.25) is 0 Å². The lowest BCUT2D eigenvalue weighted by molar-refractivity contribution is -0.185. The van der Waals surface area contributed by atoms with Crippen LogP contribution in [0.15, 0.2) is 23.8 Å². The van der Waals surface area contributed by atoms with Crippen molar-refractivity contribution in [3.8, 4) is 5.75 Å². The van der Waals surface area contributed by atoms with Crippen LogP contribution in [0.25, 0.3) is 0 Å². The van der Waals surface area contributed by atoms with Gasteiger partial charge in [-0.1, -0.05) is 13.0 Å². The first-order valence-electron chi connectivity index (χ1n) is 10.2. The molecule has 0 bridgehead atoms. The van der Waals surface area contributed by atoms with E-state index in [1.165, 1.54) is 10.6 Å². The van der Waals surface area contributed by atoms with Gasteiger partial charge in [-0.25, -0.2) is 0 Å². The van der Waals surface area contributed by atoms with Crippen LogP contribution in [0, 0.1) is 0 Å². The van der Waals surface area contributed by atoms with Gasteiger partial charge in [-0.15, -0.1) is 0 Å². The van der Waals surface area contributed by atoms with Gasteiger partial charge in [0.1, 0.15) is 18.0 Å². The zero-order valence-electron chi connectivity index (χ0n) is 18.0. The van der Waals surface area contributed by atoms with Gasteiger partial charge in [0, 0.05) is 32.2 Å². The Kier molecular flexibility index (Phi) is 5.79. The number of hydroxylamine groups is 2. The minimum Gasteiger partial charge on any atom is -0.487 e. The SMILES string of the molecule is CCc1cc2c(cc1NC)CC(C(O)CNCC1=CC(C)(C)N(O)C1(C)C)O2. The van der Waals surface area contributed by atoms with Crippen molar-refractivity contribution in [2.75, 3.05) is 25.5 Å². The molecule has 6 heteroatoms. The van der Waals surface area contributed by atoms with E-state index in [9.17, 15) is 10.3 Å². The molecule has 2 atom stereocenters. The van der Waals surface area contributed by atoms with Crippen LogP contribution in [0.5, 0.6) is 5.75 Å². The number of nitrogens with one attached hydrogen (secondary N) is 2. The van der Waals surface area contributed by atoms with Crippen LogP contribution in [0.4, 0.5) is 5.69 Å². The third-order valence-corrected chi connectivity index (χ3v) is 6.12. The highest BCUT2D eigenvalue weighted by Gasteiger charge is 2.44. The Balaban J connectivity index is 1.57. The Morgan fingerprint density at radius 2 is 2.00 bits per heavy atom. The fourth-order valence-electron chi connectivity index (χ4n) is 4.37. The molecule has 2 unspecified atom stereocenters. The molecule has 3 rings (SSSR count). The van der Waals surface area contributed by atoms with Gasteiger partial charge in [0.15, 0.2) is 0 Å². The molecule has 2 aliphatic rings. The van der Waals surface area contributed by atoms with Crippen molar-refractivity contribution >= 4 is 5.69 Å². The molecule has 0 aliphatic carbocycles. The Morgan fingerprint density at radius 3 is 2.57 bits per heavy atom. The van der Waals surface area contributed by atoms with Crippen molar-refractivity contribution in [1.82, 2.24) is 10.4 Å². The van der Waals surface area contributed by atoms with Crippen LogP contribution < -0.4 is 15.4 Å². The predicted molar refractivity (Wildman–Crippen MR) is 112 cm³/mol. The minimum absolute atomic E-state index is 0.240. The summed E-state index contributed by atoms with van der Waals surface area (Å²) < 4.78 is 6.04. The van der Waals surface area contributed by atoms with Gasteiger partial charge in [-0.2, -0.15) is 5.06 Å². The molecule has 1 aromatic rings. The quantitative estimate of drug-likeness (QED) is 0.537. The highest BCUT2D eigenvalue weighted by molar-refractivity contribution is 5.58. The predicted octanol–water partition coefficient (Wildman–Crippen LogP) is 2.73. The summed E-state index contributed by atoms with van der Waals surface area (Å²) in [7, 11) is 1.93. The first kappa shape index (κ1) is 21.1. The molecule has 4 N–H and O–H groups in total. The Hall–Kier alpha value is -1.60. The largest absolute Gasteiger partial charge is 0.487 e. The summed E-state index contributed by atoms with van der Waals surface area (Å²) in [6, 6.07) is 4.23. The van der Waals surface area contributed by atoms with Crippen molar-refractivity contribution in [3.63, 3.8) is 0 Å². The monoisotopic (exact) mass is 389 g/mol. The third-order valence-electron chi connectivity index (χ3n) is 6.12. The van der Waals surface area contributed by atoms with Gasteiger partial charge in [-0.05, 0) is 62.9 Å². The van der Waals surface area contributed by atoms with Gasteiger partial charge < -0.3 is 25.7 Å². The molecule has 2 aliphatic heterocycles. The number of nitrogens with zero attached hydrogens (tertiary/aromatic N) is 1. The van der Waals surface area contributed by atoms with E-state index in [1.54, 1.807) is 0 Å². The maximum absolute atomic E-state index is 10.7. The number of anilines is 1. The second kappa shape index (κ2) is 7.67. The average molecular weight is 390 g/mol. The summed E-state index contributed by atoms with van der Waals surface area (Å²) in [6.45, 7) is 11.2. The fourth-order valence-corrected chi connectivity index (χ4v) is 4.37. The summed E-state index contributed by atoms with van der Waals surface area (Å²) >= 11 is 0. The van der Waals surface area contributed by atoms with E-state index in [4.69, 9.17) is 4.74 Å². The van der Waals surface area contributed by atoms with E-state index in [1.807, 2.05) is 34.7 Å². The number of aryl methyl sites for hydroxylation is 1. The summed E-state index contributed by atoms with van der Waals surface area (Å²) in [5.41, 5.74) is 3.79. The number of hydrogen-bond acceptors (Lipinski definition) is 6. The van der Waals surface area contributed by atoms with Crippen molar-refractivity contribution in [2.24, 2.45) is 0 Å². The first-order chi connectivity index (χ1) is 13.1. The van der Waals surface area contributed by atoms with Crippen molar-refractivity contribution in [1.29, 1.82) is 0 Å². The molecule has 1 aromatic carbocycles. The summed E-state index contributed by atoms with van der Waals surface area (Å²) in [4.78, 5) is 0.